The molecule has 0 radical (unpaired) electrons. The van der Waals surface area contributed by atoms with Crippen LogP contribution in [0.2, 0.25) is 0 Å². The molecule has 0 N–H and O–H groups in total. The Morgan fingerprint density at radius 3 is 2.58 bits per heavy atom. The number of nitrogens with zero attached hydrogens (tertiary/aromatic N) is 6. The van der Waals surface area contributed by atoms with E-state index in [1.165, 1.54) is 5.56 Å². The van der Waals surface area contributed by atoms with Gasteiger partial charge >= 0.3 is 0 Å². The molecule has 3 aromatic heterocycles. The molecule has 0 unspecified atom stereocenters. The second-order valence-electron chi connectivity index (χ2n) is 7.27. The molecule has 138 valence electrons. The summed E-state index contributed by atoms with van der Waals surface area (Å²) in [6.07, 6.45) is 4.04. The lowest BCUT2D eigenvalue weighted by Crippen LogP contribution is -2.35. The summed E-state index contributed by atoms with van der Waals surface area (Å²) in [7, 11) is 0. The summed E-state index contributed by atoms with van der Waals surface area (Å²) < 4.78 is 7.30. The van der Waals surface area contributed by atoms with E-state index < -0.39 is 0 Å². The Kier molecular flexibility index (Phi) is 4.38. The minimum Gasteiger partial charge on any atom is -0.356 e. The van der Waals surface area contributed by atoms with Gasteiger partial charge in [-0.2, -0.15) is 14.6 Å². The molecular weight excluding hydrogens is 328 g/mol. The smallest absolute Gasteiger partial charge is 0.226 e. The zero-order chi connectivity index (χ0) is 18.3. The fraction of sp³-hybridized carbons (Fsp3) is 0.579. The Labute approximate surface area is 153 Å². The van der Waals surface area contributed by atoms with E-state index >= 15 is 0 Å². The van der Waals surface area contributed by atoms with Crippen molar-refractivity contribution in [2.75, 3.05) is 18.0 Å². The largest absolute Gasteiger partial charge is 0.356 e. The fourth-order valence-electron chi connectivity index (χ4n) is 3.70. The summed E-state index contributed by atoms with van der Waals surface area (Å²) in [6, 6.07) is 2.20. The van der Waals surface area contributed by atoms with Crippen LogP contribution >= 0.6 is 0 Å². The Hall–Kier alpha value is -2.44. The highest BCUT2D eigenvalue weighted by atomic mass is 16.5. The number of hydrogen-bond acceptors (Lipinski definition) is 6. The number of aryl methyl sites for hydroxylation is 4. The maximum Gasteiger partial charge on any atom is 0.226 e. The molecule has 7 nitrogen and oxygen atoms in total. The second-order valence-corrected chi connectivity index (χ2v) is 7.27. The maximum absolute atomic E-state index is 5.29. The SMILES string of the molecule is CCc1cc(N2CCC(Cc3nc(C)no3)CC2)n2nc(C)c(C)c2n1. The van der Waals surface area contributed by atoms with Crippen LogP contribution in [0.4, 0.5) is 5.82 Å². The number of rotatable bonds is 4. The molecule has 0 aromatic carbocycles. The summed E-state index contributed by atoms with van der Waals surface area (Å²) in [5.41, 5.74) is 4.33. The molecule has 1 saturated heterocycles. The monoisotopic (exact) mass is 354 g/mol. The van der Waals surface area contributed by atoms with E-state index in [-0.39, 0.29) is 0 Å². The number of fused-ring (bicyclic) bond motifs is 1. The van der Waals surface area contributed by atoms with E-state index in [1.807, 2.05) is 11.4 Å². The van der Waals surface area contributed by atoms with Gasteiger partial charge in [0.2, 0.25) is 5.89 Å². The summed E-state index contributed by atoms with van der Waals surface area (Å²) in [5.74, 6) is 3.23. The molecule has 0 spiro atoms. The highest BCUT2D eigenvalue weighted by Crippen LogP contribution is 2.27. The average Bonchev–Trinajstić information content (AvgIpc) is 3.18. The maximum atomic E-state index is 5.29. The van der Waals surface area contributed by atoms with Crippen molar-refractivity contribution in [2.45, 2.75) is 53.4 Å². The van der Waals surface area contributed by atoms with Crippen molar-refractivity contribution in [1.82, 2.24) is 24.7 Å². The van der Waals surface area contributed by atoms with Crippen molar-refractivity contribution in [2.24, 2.45) is 5.92 Å². The lowest BCUT2D eigenvalue weighted by molar-refractivity contribution is 0.323. The normalized spacial score (nSPS) is 15.9. The molecular formula is C19H26N6O. The fourth-order valence-corrected chi connectivity index (χ4v) is 3.70. The predicted molar refractivity (Wildman–Crippen MR) is 99.5 cm³/mol. The molecule has 4 heterocycles. The van der Waals surface area contributed by atoms with Crippen LogP contribution in [0, 0.1) is 26.7 Å². The third kappa shape index (κ3) is 3.06. The number of piperidine rings is 1. The molecule has 1 aliphatic heterocycles. The number of anilines is 1. The Morgan fingerprint density at radius 2 is 1.92 bits per heavy atom. The van der Waals surface area contributed by atoms with Crippen LogP contribution in [0.25, 0.3) is 5.65 Å². The summed E-state index contributed by atoms with van der Waals surface area (Å²) in [6.45, 7) is 10.2. The van der Waals surface area contributed by atoms with Gasteiger partial charge in [-0.05, 0) is 46.0 Å². The third-order valence-electron chi connectivity index (χ3n) is 5.42. The van der Waals surface area contributed by atoms with E-state index in [2.05, 4.69) is 41.9 Å². The molecule has 4 rings (SSSR count). The lowest BCUT2D eigenvalue weighted by atomic mass is 9.93. The molecule has 0 amide bonds. The zero-order valence-electron chi connectivity index (χ0n) is 16.0. The van der Waals surface area contributed by atoms with Crippen LogP contribution in [-0.4, -0.2) is 37.8 Å². The van der Waals surface area contributed by atoms with Crippen molar-refractivity contribution < 1.29 is 4.52 Å². The molecule has 0 atom stereocenters. The first kappa shape index (κ1) is 17.0. The Morgan fingerprint density at radius 1 is 1.15 bits per heavy atom. The minimum absolute atomic E-state index is 0.593. The van der Waals surface area contributed by atoms with Crippen LogP contribution < -0.4 is 4.90 Å². The zero-order valence-corrected chi connectivity index (χ0v) is 16.0. The topological polar surface area (TPSA) is 72.4 Å². The van der Waals surface area contributed by atoms with Crippen molar-refractivity contribution in [3.63, 3.8) is 0 Å². The van der Waals surface area contributed by atoms with Gasteiger partial charge in [-0.25, -0.2) is 4.98 Å². The van der Waals surface area contributed by atoms with Crippen molar-refractivity contribution in [1.29, 1.82) is 0 Å². The first-order chi connectivity index (χ1) is 12.5. The molecule has 3 aromatic rings. The van der Waals surface area contributed by atoms with Crippen LogP contribution in [0.15, 0.2) is 10.6 Å². The average molecular weight is 354 g/mol. The van der Waals surface area contributed by atoms with Crippen molar-refractivity contribution in [3.05, 3.63) is 34.7 Å². The summed E-state index contributed by atoms with van der Waals surface area (Å²) >= 11 is 0. The summed E-state index contributed by atoms with van der Waals surface area (Å²) in [4.78, 5) is 11.6. The van der Waals surface area contributed by atoms with E-state index in [9.17, 15) is 0 Å². The van der Waals surface area contributed by atoms with Crippen molar-refractivity contribution in [3.8, 4) is 0 Å². The molecule has 26 heavy (non-hydrogen) atoms. The van der Waals surface area contributed by atoms with Gasteiger partial charge in [0.1, 0.15) is 5.82 Å². The van der Waals surface area contributed by atoms with Gasteiger partial charge in [0.05, 0.1) is 5.69 Å². The van der Waals surface area contributed by atoms with Gasteiger partial charge < -0.3 is 9.42 Å². The molecule has 0 aliphatic carbocycles. The van der Waals surface area contributed by atoms with E-state index in [0.717, 1.165) is 67.5 Å². The molecule has 1 fully saturated rings. The summed E-state index contributed by atoms with van der Waals surface area (Å²) in [5, 5.41) is 8.63. The van der Waals surface area contributed by atoms with Gasteiger partial charge in [-0.3, -0.25) is 0 Å². The van der Waals surface area contributed by atoms with Gasteiger partial charge in [0.15, 0.2) is 11.5 Å². The van der Waals surface area contributed by atoms with Crippen LogP contribution in [0.5, 0.6) is 0 Å². The van der Waals surface area contributed by atoms with Crippen molar-refractivity contribution >= 4 is 11.5 Å². The predicted octanol–water partition coefficient (Wildman–Crippen LogP) is 3.06. The van der Waals surface area contributed by atoms with E-state index in [4.69, 9.17) is 14.6 Å². The van der Waals surface area contributed by atoms with Gasteiger partial charge in [0, 0.05) is 36.8 Å². The van der Waals surface area contributed by atoms with Crippen LogP contribution in [0.3, 0.4) is 0 Å². The molecule has 0 bridgehead atoms. The number of hydrogen-bond donors (Lipinski definition) is 0. The third-order valence-corrected chi connectivity index (χ3v) is 5.42. The van der Waals surface area contributed by atoms with Gasteiger partial charge in [-0.15, -0.1) is 0 Å². The number of aromatic nitrogens is 5. The quantitative estimate of drug-likeness (QED) is 0.717. The van der Waals surface area contributed by atoms with Crippen LogP contribution in [-0.2, 0) is 12.8 Å². The first-order valence-corrected chi connectivity index (χ1v) is 9.45. The van der Waals surface area contributed by atoms with Gasteiger partial charge in [-0.1, -0.05) is 12.1 Å². The minimum atomic E-state index is 0.593. The molecule has 7 heteroatoms. The van der Waals surface area contributed by atoms with E-state index in [1.54, 1.807) is 0 Å². The standard InChI is InChI=1S/C19H26N6O/c1-5-16-11-18(25-19(21-16)12(2)13(3)22-25)24-8-6-15(7-9-24)10-17-20-14(4)23-26-17/h11,15H,5-10H2,1-4H3. The Bertz CT molecular complexity index is 920. The molecule has 0 saturated carbocycles. The van der Waals surface area contributed by atoms with E-state index in [0.29, 0.717) is 11.7 Å². The first-order valence-electron chi connectivity index (χ1n) is 9.45. The van der Waals surface area contributed by atoms with Crippen LogP contribution in [0.1, 0.15) is 48.4 Å². The highest BCUT2D eigenvalue weighted by molar-refractivity contribution is 5.57. The Balaban J connectivity index is 1.54. The second kappa shape index (κ2) is 6.70. The molecule has 1 aliphatic rings. The lowest BCUT2D eigenvalue weighted by Gasteiger charge is -2.33. The highest BCUT2D eigenvalue weighted by Gasteiger charge is 2.24. The van der Waals surface area contributed by atoms with Gasteiger partial charge in [0.25, 0.3) is 0 Å².